The molecule has 0 aromatic rings. The lowest BCUT2D eigenvalue weighted by Crippen LogP contribution is -2.34. The van der Waals surface area contributed by atoms with Crippen LogP contribution in [0.2, 0.25) is 0 Å². The highest BCUT2D eigenvalue weighted by molar-refractivity contribution is 4.99. The molecule has 2 nitrogen and oxygen atoms in total. The number of hydrogen-bond donors (Lipinski definition) is 1. The molecule has 1 N–H and O–H groups in total. The number of likely N-dealkylation sites (N-methyl/N-ethyl adjacent to an activating group) is 1. The summed E-state index contributed by atoms with van der Waals surface area (Å²) in [4.78, 5) is 2.33. The minimum atomic E-state index is 0.299. The highest BCUT2D eigenvalue weighted by Gasteiger charge is 2.23. The number of nitrogens with zero attached hydrogens (tertiary/aromatic N) is 1. The Morgan fingerprint density at radius 2 is 2.45 bits per heavy atom. The zero-order chi connectivity index (χ0) is 8.27. The second-order valence-electron chi connectivity index (χ2n) is 3.11. The molecule has 0 amide bonds. The molecule has 2 unspecified atom stereocenters. The third-order valence-corrected chi connectivity index (χ3v) is 2.42. The molecule has 2 heteroatoms. The molecule has 0 aromatic carbocycles. The third kappa shape index (κ3) is 1.95. The van der Waals surface area contributed by atoms with Crippen molar-refractivity contribution in [2.75, 3.05) is 20.1 Å². The van der Waals surface area contributed by atoms with E-state index in [0.717, 1.165) is 13.1 Å². The van der Waals surface area contributed by atoms with Crippen molar-refractivity contribution in [3.05, 3.63) is 0 Å². The molecule has 2 atom stereocenters. The molecule has 1 aliphatic heterocycles. The SMILES string of the molecule is C#CC(C)N1CCC(NC)C1. The van der Waals surface area contributed by atoms with Gasteiger partial charge in [0.15, 0.2) is 0 Å². The van der Waals surface area contributed by atoms with E-state index >= 15 is 0 Å². The first-order chi connectivity index (χ1) is 5.27. The average Bonchev–Trinajstić information content (AvgIpc) is 2.50. The monoisotopic (exact) mass is 152 g/mol. The first kappa shape index (κ1) is 8.58. The summed E-state index contributed by atoms with van der Waals surface area (Å²) in [5, 5.41) is 3.26. The topological polar surface area (TPSA) is 15.3 Å². The van der Waals surface area contributed by atoms with Crippen molar-refractivity contribution >= 4 is 0 Å². The fourth-order valence-electron chi connectivity index (χ4n) is 1.48. The minimum absolute atomic E-state index is 0.299. The number of terminal acetylenes is 1. The maximum absolute atomic E-state index is 5.33. The Labute approximate surface area is 69.0 Å². The summed E-state index contributed by atoms with van der Waals surface area (Å²) in [7, 11) is 2.01. The van der Waals surface area contributed by atoms with Crippen molar-refractivity contribution in [3.63, 3.8) is 0 Å². The summed E-state index contributed by atoms with van der Waals surface area (Å²) in [6.07, 6.45) is 6.55. The highest BCUT2D eigenvalue weighted by Crippen LogP contribution is 2.11. The molecule has 1 heterocycles. The van der Waals surface area contributed by atoms with Crippen LogP contribution in [0.15, 0.2) is 0 Å². The molecule has 62 valence electrons. The van der Waals surface area contributed by atoms with Crippen LogP contribution in [0.25, 0.3) is 0 Å². The van der Waals surface area contributed by atoms with E-state index in [2.05, 4.69) is 23.1 Å². The van der Waals surface area contributed by atoms with Crippen LogP contribution in [-0.2, 0) is 0 Å². The molecular weight excluding hydrogens is 136 g/mol. The van der Waals surface area contributed by atoms with Gasteiger partial charge in [-0.3, -0.25) is 4.90 Å². The Hall–Kier alpha value is -0.520. The van der Waals surface area contributed by atoms with Gasteiger partial charge in [0.2, 0.25) is 0 Å². The van der Waals surface area contributed by atoms with Crippen molar-refractivity contribution in [2.45, 2.75) is 25.4 Å². The van der Waals surface area contributed by atoms with Crippen molar-refractivity contribution < 1.29 is 0 Å². The van der Waals surface area contributed by atoms with Gasteiger partial charge in [0.05, 0.1) is 6.04 Å². The van der Waals surface area contributed by atoms with E-state index < -0.39 is 0 Å². The van der Waals surface area contributed by atoms with Gasteiger partial charge in [-0.05, 0) is 20.4 Å². The Morgan fingerprint density at radius 1 is 1.73 bits per heavy atom. The average molecular weight is 152 g/mol. The maximum Gasteiger partial charge on any atom is 0.0683 e. The molecule has 0 aliphatic carbocycles. The van der Waals surface area contributed by atoms with Crippen molar-refractivity contribution in [1.82, 2.24) is 10.2 Å². The number of nitrogens with one attached hydrogen (secondary N) is 1. The number of hydrogen-bond acceptors (Lipinski definition) is 2. The van der Waals surface area contributed by atoms with Gasteiger partial charge in [0.25, 0.3) is 0 Å². The van der Waals surface area contributed by atoms with Crippen LogP contribution in [-0.4, -0.2) is 37.1 Å². The van der Waals surface area contributed by atoms with Gasteiger partial charge in [0.1, 0.15) is 0 Å². The van der Waals surface area contributed by atoms with Crippen LogP contribution >= 0.6 is 0 Å². The lowest BCUT2D eigenvalue weighted by Gasteiger charge is -2.18. The van der Waals surface area contributed by atoms with E-state index in [-0.39, 0.29) is 0 Å². The van der Waals surface area contributed by atoms with E-state index in [1.807, 2.05) is 7.05 Å². The van der Waals surface area contributed by atoms with E-state index in [1.54, 1.807) is 0 Å². The molecule has 0 bridgehead atoms. The Balaban J connectivity index is 2.36. The highest BCUT2D eigenvalue weighted by atomic mass is 15.2. The summed E-state index contributed by atoms with van der Waals surface area (Å²) in [5.41, 5.74) is 0. The smallest absolute Gasteiger partial charge is 0.0683 e. The third-order valence-electron chi connectivity index (χ3n) is 2.42. The van der Waals surface area contributed by atoms with Crippen LogP contribution in [0.3, 0.4) is 0 Å². The van der Waals surface area contributed by atoms with Crippen molar-refractivity contribution in [2.24, 2.45) is 0 Å². The van der Waals surface area contributed by atoms with E-state index in [9.17, 15) is 0 Å². The summed E-state index contributed by atoms with van der Waals surface area (Å²) in [5.74, 6) is 2.75. The molecule has 0 saturated carbocycles. The summed E-state index contributed by atoms with van der Waals surface area (Å²) >= 11 is 0. The predicted molar refractivity (Wildman–Crippen MR) is 47.3 cm³/mol. The molecule has 1 fully saturated rings. The maximum atomic E-state index is 5.33. The summed E-state index contributed by atoms with van der Waals surface area (Å²) in [6, 6.07) is 0.944. The number of rotatable bonds is 2. The summed E-state index contributed by atoms with van der Waals surface area (Å²) < 4.78 is 0. The Kier molecular flexibility index (Phi) is 2.92. The fraction of sp³-hybridized carbons (Fsp3) is 0.778. The summed E-state index contributed by atoms with van der Waals surface area (Å²) in [6.45, 7) is 4.32. The molecule has 11 heavy (non-hydrogen) atoms. The Morgan fingerprint density at radius 3 is 2.91 bits per heavy atom. The van der Waals surface area contributed by atoms with Crippen LogP contribution in [0, 0.1) is 12.3 Å². The van der Waals surface area contributed by atoms with Crippen LogP contribution in [0.5, 0.6) is 0 Å². The first-order valence-corrected chi connectivity index (χ1v) is 4.15. The van der Waals surface area contributed by atoms with Gasteiger partial charge in [-0.25, -0.2) is 0 Å². The number of likely N-dealkylation sites (tertiary alicyclic amines) is 1. The fourth-order valence-corrected chi connectivity index (χ4v) is 1.48. The largest absolute Gasteiger partial charge is 0.316 e. The van der Waals surface area contributed by atoms with Gasteiger partial charge in [-0.2, -0.15) is 0 Å². The first-order valence-electron chi connectivity index (χ1n) is 4.15. The molecule has 0 radical (unpaired) electrons. The van der Waals surface area contributed by atoms with Crippen LogP contribution < -0.4 is 5.32 Å². The quantitative estimate of drug-likeness (QED) is 0.573. The molecule has 1 saturated heterocycles. The lowest BCUT2D eigenvalue weighted by atomic mass is 10.3. The van der Waals surface area contributed by atoms with Gasteiger partial charge < -0.3 is 5.32 Å². The van der Waals surface area contributed by atoms with Crippen molar-refractivity contribution in [1.29, 1.82) is 0 Å². The Bertz CT molecular complexity index is 159. The van der Waals surface area contributed by atoms with Crippen LogP contribution in [0.1, 0.15) is 13.3 Å². The normalized spacial score (nSPS) is 28.3. The van der Waals surface area contributed by atoms with Gasteiger partial charge >= 0.3 is 0 Å². The zero-order valence-corrected chi connectivity index (χ0v) is 7.30. The zero-order valence-electron chi connectivity index (χ0n) is 7.30. The molecule has 0 spiro atoms. The lowest BCUT2D eigenvalue weighted by molar-refractivity contribution is 0.300. The molecule has 1 rings (SSSR count). The van der Waals surface area contributed by atoms with Gasteiger partial charge in [0, 0.05) is 19.1 Å². The molecule has 1 aliphatic rings. The van der Waals surface area contributed by atoms with E-state index in [0.29, 0.717) is 12.1 Å². The second-order valence-corrected chi connectivity index (χ2v) is 3.11. The van der Waals surface area contributed by atoms with Crippen molar-refractivity contribution in [3.8, 4) is 12.3 Å². The minimum Gasteiger partial charge on any atom is -0.316 e. The second kappa shape index (κ2) is 3.75. The predicted octanol–water partition coefficient (Wildman–Crippen LogP) is 0.302. The van der Waals surface area contributed by atoms with Crippen LogP contribution in [0.4, 0.5) is 0 Å². The van der Waals surface area contributed by atoms with E-state index in [4.69, 9.17) is 6.42 Å². The molecular formula is C9H16N2. The van der Waals surface area contributed by atoms with Gasteiger partial charge in [-0.1, -0.05) is 5.92 Å². The van der Waals surface area contributed by atoms with Gasteiger partial charge in [-0.15, -0.1) is 6.42 Å². The standard InChI is InChI=1S/C9H16N2/c1-4-8(2)11-6-5-9(7-11)10-3/h1,8-10H,5-7H2,2-3H3. The van der Waals surface area contributed by atoms with E-state index in [1.165, 1.54) is 6.42 Å². The molecule has 0 aromatic heterocycles.